The van der Waals surface area contributed by atoms with Crippen LogP contribution >= 0.6 is 0 Å². The summed E-state index contributed by atoms with van der Waals surface area (Å²) in [5.41, 5.74) is 0. The number of carbonyl (C=O) groups excluding carboxylic acids is 3. The normalized spacial score (nSPS) is 13.4. The van der Waals surface area contributed by atoms with Gasteiger partial charge in [-0.15, -0.1) is 0 Å². The van der Waals surface area contributed by atoms with Crippen molar-refractivity contribution >= 4 is 17.9 Å². The molecule has 0 bridgehead atoms. The number of hydrogen-bond donors (Lipinski definition) is 0. The highest BCUT2D eigenvalue weighted by atomic mass is 16.7. The van der Waals surface area contributed by atoms with Crippen molar-refractivity contribution in [3.05, 3.63) is 109 Å². The lowest BCUT2D eigenvalue weighted by Gasteiger charge is -2.26. The van der Waals surface area contributed by atoms with E-state index in [1.807, 2.05) is 21.1 Å². The molecule has 0 rings (SSSR count). The first-order valence-electron chi connectivity index (χ1n) is 34.0. The van der Waals surface area contributed by atoms with E-state index in [9.17, 15) is 19.5 Å². The number of carboxylic acid groups (broad SMARTS) is 1. The van der Waals surface area contributed by atoms with Gasteiger partial charge in [0, 0.05) is 12.8 Å². The van der Waals surface area contributed by atoms with E-state index in [2.05, 4.69) is 123 Å². The Labute approximate surface area is 511 Å². The average molecular weight is 1160 g/mol. The highest BCUT2D eigenvalue weighted by Gasteiger charge is 2.22. The number of ether oxygens (including phenoxy) is 4. The van der Waals surface area contributed by atoms with Gasteiger partial charge in [-0.2, -0.15) is 0 Å². The van der Waals surface area contributed by atoms with Crippen molar-refractivity contribution in [2.75, 3.05) is 47.5 Å². The van der Waals surface area contributed by atoms with Gasteiger partial charge in [0.25, 0.3) is 0 Å². The van der Waals surface area contributed by atoms with E-state index < -0.39 is 24.3 Å². The molecule has 0 saturated carbocycles. The standard InChI is InChI=1S/C74H127NO8/c1-6-8-10-12-14-16-18-20-22-24-26-27-28-29-30-31-32-33-34-35-36-37-38-39-40-41-42-43-44-45-47-48-50-52-54-56-58-60-62-64-71(76)81-68-70(69-82-74(73(78)79)80-67-66-75(3,4)5)83-72(77)65-63-61-59-57-55-53-51-49-46-25-23-21-19-17-15-13-11-9-7-2/h8-11,14-17,20-23,26-27,46,49,53,55,70,74H,6-7,12-13,18-19,24-25,28-45,47-48,50-52,54,56-69H2,1-5H3/b10-8-,11-9-,16-14-,17-15-,22-20-,23-21-,27-26-,49-46-,55-53-. The third-order valence-corrected chi connectivity index (χ3v) is 14.5. The van der Waals surface area contributed by atoms with Gasteiger partial charge in [-0.1, -0.05) is 284 Å². The second-order valence-electron chi connectivity index (χ2n) is 23.7. The van der Waals surface area contributed by atoms with Crippen molar-refractivity contribution in [3.63, 3.8) is 0 Å². The van der Waals surface area contributed by atoms with Crippen LogP contribution in [0.1, 0.15) is 284 Å². The molecule has 0 amide bonds. The minimum absolute atomic E-state index is 0.138. The Bertz CT molecular complexity index is 1730. The number of nitrogens with zero attached hydrogens (tertiary/aromatic N) is 1. The summed E-state index contributed by atoms with van der Waals surface area (Å²) >= 11 is 0. The number of hydrogen-bond acceptors (Lipinski definition) is 8. The van der Waals surface area contributed by atoms with E-state index in [0.29, 0.717) is 17.4 Å². The van der Waals surface area contributed by atoms with Gasteiger partial charge in [0.1, 0.15) is 13.2 Å². The number of esters is 2. The van der Waals surface area contributed by atoms with Gasteiger partial charge in [0.05, 0.1) is 40.3 Å². The molecule has 0 aliphatic carbocycles. The summed E-state index contributed by atoms with van der Waals surface area (Å²) in [6.45, 7) is 4.49. The lowest BCUT2D eigenvalue weighted by Crippen LogP contribution is -2.44. The molecule has 9 nitrogen and oxygen atoms in total. The summed E-state index contributed by atoms with van der Waals surface area (Å²) in [6, 6.07) is 0. The molecule has 83 heavy (non-hydrogen) atoms. The zero-order valence-corrected chi connectivity index (χ0v) is 54.3. The molecular weight excluding hydrogens is 1030 g/mol. The van der Waals surface area contributed by atoms with Crippen LogP contribution in [-0.2, 0) is 33.3 Å². The molecule has 0 heterocycles. The van der Waals surface area contributed by atoms with Gasteiger partial charge < -0.3 is 33.3 Å². The van der Waals surface area contributed by atoms with Gasteiger partial charge >= 0.3 is 11.9 Å². The first kappa shape index (κ1) is 79.0. The SMILES string of the molecule is CC/C=C\C/C=C\C/C=C\C/C=C\C/C=C\CCCCCC(=O)OC(COC(=O)CCCCCCCCCCCCCCCCCCCCCCCCCCCC/C=C\C/C=C\C/C=C\C/C=C\CC)COC(OCC[N+](C)(C)C)C(=O)[O-]. The Kier molecular flexibility index (Phi) is 60.8. The predicted octanol–water partition coefficient (Wildman–Crippen LogP) is 19.7. The largest absolute Gasteiger partial charge is 0.545 e. The Morgan fingerprint density at radius 3 is 0.976 bits per heavy atom. The van der Waals surface area contributed by atoms with Gasteiger partial charge in [-0.05, 0) is 96.3 Å². The van der Waals surface area contributed by atoms with Crippen LogP contribution in [0.25, 0.3) is 0 Å². The van der Waals surface area contributed by atoms with Crippen molar-refractivity contribution in [1.29, 1.82) is 0 Å². The Balaban J connectivity index is 4.01. The Morgan fingerprint density at radius 2 is 0.651 bits per heavy atom. The second-order valence-corrected chi connectivity index (χ2v) is 23.7. The number of rotatable bonds is 62. The minimum atomic E-state index is -1.64. The van der Waals surface area contributed by atoms with Crippen LogP contribution in [0.4, 0.5) is 0 Å². The topological polar surface area (TPSA) is 111 Å². The molecule has 0 spiro atoms. The molecule has 2 atom stereocenters. The molecule has 0 saturated heterocycles. The van der Waals surface area contributed by atoms with Gasteiger partial charge in [-0.3, -0.25) is 9.59 Å². The summed E-state index contributed by atoms with van der Waals surface area (Å²) in [5, 5.41) is 11.8. The molecule has 476 valence electrons. The molecule has 0 aliphatic heterocycles. The third kappa shape index (κ3) is 65.3. The smallest absolute Gasteiger partial charge is 0.306 e. The number of aliphatic carboxylic acids is 1. The molecule has 0 radical (unpaired) electrons. The van der Waals surface area contributed by atoms with Crippen molar-refractivity contribution in [3.8, 4) is 0 Å². The summed E-state index contributed by atoms with van der Waals surface area (Å²) in [5.74, 6) is -2.32. The predicted molar refractivity (Wildman–Crippen MR) is 352 cm³/mol. The lowest BCUT2D eigenvalue weighted by molar-refractivity contribution is -0.870. The fourth-order valence-corrected chi connectivity index (χ4v) is 9.38. The van der Waals surface area contributed by atoms with Crippen LogP contribution in [0.15, 0.2) is 109 Å². The van der Waals surface area contributed by atoms with Gasteiger partial charge in [0.2, 0.25) is 0 Å². The van der Waals surface area contributed by atoms with Crippen molar-refractivity contribution in [1.82, 2.24) is 0 Å². The van der Waals surface area contributed by atoms with Crippen LogP contribution in [0.2, 0.25) is 0 Å². The molecule has 0 aliphatic rings. The van der Waals surface area contributed by atoms with E-state index in [-0.39, 0.29) is 38.6 Å². The summed E-state index contributed by atoms with van der Waals surface area (Å²) < 4.78 is 22.7. The van der Waals surface area contributed by atoms with E-state index in [4.69, 9.17) is 18.9 Å². The maximum absolute atomic E-state index is 12.9. The van der Waals surface area contributed by atoms with Crippen LogP contribution < -0.4 is 5.11 Å². The molecule has 0 aromatic rings. The average Bonchev–Trinajstić information content (AvgIpc) is 3.46. The van der Waals surface area contributed by atoms with Crippen LogP contribution in [0.3, 0.4) is 0 Å². The maximum atomic E-state index is 12.9. The molecular formula is C74H127NO8. The van der Waals surface area contributed by atoms with Gasteiger partial charge in [0.15, 0.2) is 12.4 Å². The van der Waals surface area contributed by atoms with E-state index >= 15 is 0 Å². The van der Waals surface area contributed by atoms with Crippen LogP contribution in [-0.4, -0.2) is 82.3 Å². The summed E-state index contributed by atoms with van der Waals surface area (Å²) in [6.07, 6.45) is 86.2. The monoisotopic (exact) mass is 1160 g/mol. The summed E-state index contributed by atoms with van der Waals surface area (Å²) in [4.78, 5) is 37.4. The highest BCUT2D eigenvalue weighted by Crippen LogP contribution is 2.17. The zero-order chi connectivity index (χ0) is 60.5. The summed E-state index contributed by atoms with van der Waals surface area (Å²) in [7, 11) is 5.91. The van der Waals surface area contributed by atoms with E-state index in [1.54, 1.807) is 0 Å². The highest BCUT2D eigenvalue weighted by molar-refractivity contribution is 5.70. The van der Waals surface area contributed by atoms with Crippen LogP contribution in [0, 0.1) is 0 Å². The number of carbonyl (C=O) groups is 3. The fraction of sp³-hybridized carbons (Fsp3) is 0.716. The molecule has 0 N–H and O–H groups in total. The Morgan fingerprint density at radius 1 is 0.361 bits per heavy atom. The quantitative estimate of drug-likeness (QED) is 0.0195. The minimum Gasteiger partial charge on any atom is -0.545 e. The molecule has 0 aromatic heterocycles. The molecule has 9 heteroatoms. The van der Waals surface area contributed by atoms with E-state index in [0.717, 1.165) is 96.3 Å². The number of likely N-dealkylation sites (N-methyl/N-ethyl adjacent to an activating group) is 1. The number of allylic oxidation sites excluding steroid dienone is 18. The number of unbranched alkanes of at least 4 members (excludes halogenated alkanes) is 29. The van der Waals surface area contributed by atoms with Crippen LogP contribution in [0.5, 0.6) is 0 Å². The zero-order valence-electron chi connectivity index (χ0n) is 54.3. The van der Waals surface area contributed by atoms with Crippen molar-refractivity contribution in [2.24, 2.45) is 0 Å². The number of quaternary nitrogens is 1. The fourth-order valence-electron chi connectivity index (χ4n) is 9.38. The second kappa shape index (κ2) is 64.0. The Hall–Kier alpha value is -4.05. The molecule has 0 fully saturated rings. The number of carboxylic acids is 1. The first-order valence-corrected chi connectivity index (χ1v) is 34.0. The third-order valence-electron chi connectivity index (χ3n) is 14.5. The lowest BCUT2D eigenvalue weighted by atomic mass is 10.0. The molecule has 0 aromatic carbocycles. The van der Waals surface area contributed by atoms with Crippen molar-refractivity contribution in [2.45, 2.75) is 296 Å². The van der Waals surface area contributed by atoms with E-state index in [1.165, 1.54) is 154 Å². The maximum Gasteiger partial charge on any atom is 0.306 e. The van der Waals surface area contributed by atoms with Crippen molar-refractivity contribution < 1.29 is 42.9 Å². The molecule has 2 unspecified atom stereocenters. The first-order chi connectivity index (χ1) is 40.6. The van der Waals surface area contributed by atoms with Gasteiger partial charge in [-0.25, -0.2) is 0 Å².